The third-order valence-corrected chi connectivity index (χ3v) is 3.06. The van der Waals surface area contributed by atoms with Crippen molar-refractivity contribution in [3.8, 4) is 5.69 Å². The van der Waals surface area contributed by atoms with E-state index in [9.17, 15) is 0 Å². The number of rotatable bonds is 3. The van der Waals surface area contributed by atoms with Gasteiger partial charge in [0, 0.05) is 30.1 Å². The number of aromatic nitrogens is 2. The molecule has 0 unspecified atom stereocenters. The van der Waals surface area contributed by atoms with Crippen LogP contribution < -0.4 is 0 Å². The fourth-order valence-electron chi connectivity index (χ4n) is 2.13. The fourth-order valence-corrected chi connectivity index (χ4v) is 2.13. The first kappa shape index (κ1) is 11.0. The summed E-state index contributed by atoms with van der Waals surface area (Å²) in [4.78, 5) is 4.40. The van der Waals surface area contributed by atoms with Gasteiger partial charge in [0.15, 0.2) is 0 Å². The SMILES string of the molecule is OCCc1ccc(-n2ccc3cccnc32)cc1. The molecule has 0 atom stereocenters. The summed E-state index contributed by atoms with van der Waals surface area (Å²) in [6, 6.07) is 14.2. The largest absolute Gasteiger partial charge is 0.396 e. The molecule has 0 spiro atoms. The van der Waals surface area contributed by atoms with Crippen LogP contribution in [0.15, 0.2) is 54.9 Å². The first-order valence-electron chi connectivity index (χ1n) is 6.01. The lowest BCUT2D eigenvalue weighted by atomic mass is 10.1. The maximum Gasteiger partial charge on any atom is 0.144 e. The minimum Gasteiger partial charge on any atom is -0.396 e. The molecule has 18 heavy (non-hydrogen) atoms. The van der Waals surface area contributed by atoms with Crippen molar-refractivity contribution >= 4 is 11.0 Å². The zero-order valence-corrected chi connectivity index (χ0v) is 9.95. The predicted molar refractivity (Wildman–Crippen MR) is 71.9 cm³/mol. The summed E-state index contributed by atoms with van der Waals surface area (Å²) >= 11 is 0. The number of aliphatic hydroxyl groups excluding tert-OH is 1. The van der Waals surface area contributed by atoms with Gasteiger partial charge in [0.2, 0.25) is 0 Å². The Morgan fingerprint density at radius 1 is 1.06 bits per heavy atom. The highest BCUT2D eigenvalue weighted by Crippen LogP contribution is 2.18. The summed E-state index contributed by atoms with van der Waals surface area (Å²) in [5.41, 5.74) is 3.20. The van der Waals surface area contributed by atoms with E-state index in [1.807, 2.05) is 24.4 Å². The van der Waals surface area contributed by atoms with Gasteiger partial charge in [-0.2, -0.15) is 0 Å². The Morgan fingerprint density at radius 3 is 2.67 bits per heavy atom. The van der Waals surface area contributed by atoms with Crippen LogP contribution >= 0.6 is 0 Å². The summed E-state index contributed by atoms with van der Waals surface area (Å²) in [6.45, 7) is 0.188. The number of pyridine rings is 1. The molecule has 0 radical (unpaired) electrons. The summed E-state index contributed by atoms with van der Waals surface area (Å²) in [5.74, 6) is 0. The van der Waals surface area contributed by atoms with Crippen LogP contribution in [0.4, 0.5) is 0 Å². The smallest absolute Gasteiger partial charge is 0.144 e. The second-order valence-electron chi connectivity index (χ2n) is 4.24. The lowest BCUT2D eigenvalue weighted by molar-refractivity contribution is 0.299. The van der Waals surface area contributed by atoms with Crippen LogP contribution in [0, 0.1) is 0 Å². The molecular formula is C15H14N2O. The number of nitrogens with zero attached hydrogens (tertiary/aromatic N) is 2. The van der Waals surface area contributed by atoms with E-state index in [1.165, 1.54) is 0 Å². The minimum atomic E-state index is 0.188. The number of benzene rings is 1. The van der Waals surface area contributed by atoms with Crippen LogP contribution in [0.3, 0.4) is 0 Å². The van der Waals surface area contributed by atoms with E-state index < -0.39 is 0 Å². The Labute approximate surface area is 105 Å². The average molecular weight is 238 g/mol. The zero-order valence-electron chi connectivity index (χ0n) is 9.95. The topological polar surface area (TPSA) is 38.0 Å². The summed E-state index contributed by atoms with van der Waals surface area (Å²) < 4.78 is 2.07. The molecule has 3 aromatic rings. The molecule has 2 heterocycles. The Bertz CT molecular complexity index is 656. The van der Waals surface area contributed by atoms with Crippen LogP contribution in [-0.2, 0) is 6.42 Å². The third-order valence-electron chi connectivity index (χ3n) is 3.06. The first-order chi connectivity index (χ1) is 8.88. The molecule has 2 aromatic heterocycles. The first-order valence-corrected chi connectivity index (χ1v) is 6.01. The van der Waals surface area contributed by atoms with Crippen LogP contribution in [0.5, 0.6) is 0 Å². The fraction of sp³-hybridized carbons (Fsp3) is 0.133. The van der Waals surface area contributed by atoms with Crippen molar-refractivity contribution in [2.45, 2.75) is 6.42 Å². The molecular weight excluding hydrogens is 224 g/mol. The molecule has 0 aliphatic heterocycles. The van der Waals surface area contributed by atoms with Gasteiger partial charge in [0.1, 0.15) is 5.65 Å². The van der Waals surface area contributed by atoms with E-state index in [0.29, 0.717) is 6.42 Å². The van der Waals surface area contributed by atoms with E-state index in [0.717, 1.165) is 22.3 Å². The Balaban J connectivity index is 2.03. The van der Waals surface area contributed by atoms with Gasteiger partial charge in [-0.3, -0.25) is 0 Å². The predicted octanol–water partition coefficient (Wildman–Crippen LogP) is 2.56. The van der Waals surface area contributed by atoms with Crippen molar-refractivity contribution < 1.29 is 5.11 Å². The molecule has 0 aliphatic rings. The van der Waals surface area contributed by atoms with Gasteiger partial charge in [-0.1, -0.05) is 12.1 Å². The van der Waals surface area contributed by atoms with E-state index in [-0.39, 0.29) is 6.61 Å². The number of aliphatic hydroxyl groups is 1. The van der Waals surface area contributed by atoms with Gasteiger partial charge in [0.25, 0.3) is 0 Å². The molecule has 3 nitrogen and oxygen atoms in total. The summed E-state index contributed by atoms with van der Waals surface area (Å²) in [6.07, 6.45) is 4.53. The average Bonchev–Trinajstić information content (AvgIpc) is 2.84. The summed E-state index contributed by atoms with van der Waals surface area (Å²) in [5, 5.41) is 10.0. The molecule has 0 saturated carbocycles. The molecule has 3 heteroatoms. The quantitative estimate of drug-likeness (QED) is 0.761. The van der Waals surface area contributed by atoms with Crippen LogP contribution in [0.1, 0.15) is 5.56 Å². The number of hydrogen-bond donors (Lipinski definition) is 1. The standard InChI is InChI=1S/C15H14N2O/c18-11-8-12-3-5-14(6-4-12)17-10-7-13-2-1-9-16-15(13)17/h1-7,9-10,18H,8,11H2. The highest BCUT2D eigenvalue weighted by molar-refractivity contribution is 5.77. The van der Waals surface area contributed by atoms with Crippen molar-refractivity contribution in [1.29, 1.82) is 0 Å². The molecule has 3 rings (SSSR count). The molecule has 0 bridgehead atoms. The van der Waals surface area contributed by atoms with E-state index in [2.05, 4.69) is 33.8 Å². The molecule has 90 valence electrons. The molecule has 1 aromatic carbocycles. The van der Waals surface area contributed by atoms with Crippen molar-refractivity contribution in [3.63, 3.8) is 0 Å². The highest BCUT2D eigenvalue weighted by Gasteiger charge is 2.03. The van der Waals surface area contributed by atoms with Crippen molar-refractivity contribution in [2.24, 2.45) is 0 Å². The Morgan fingerprint density at radius 2 is 1.89 bits per heavy atom. The second kappa shape index (κ2) is 4.63. The highest BCUT2D eigenvalue weighted by atomic mass is 16.2. The van der Waals surface area contributed by atoms with E-state index in [4.69, 9.17) is 5.11 Å². The van der Waals surface area contributed by atoms with Crippen LogP contribution in [0.2, 0.25) is 0 Å². The summed E-state index contributed by atoms with van der Waals surface area (Å²) in [7, 11) is 0. The third kappa shape index (κ3) is 1.89. The monoisotopic (exact) mass is 238 g/mol. The lowest BCUT2D eigenvalue weighted by Crippen LogP contribution is -1.95. The van der Waals surface area contributed by atoms with Gasteiger partial charge in [0.05, 0.1) is 0 Å². The number of fused-ring (bicyclic) bond motifs is 1. The van der Waals surface area contributed by atoms with Crippen molar-refractivity contribution in [2.75, 3.05) is 6.61 Å². The Kier molecular flexibility index (Phi) is 2.82. The molecule has 0 saturated heterocycles. The van der Waals surface area contributed by atoms with Crippen LogP contribution in [0.25, 0.3) is 16.7 Å². The lowest BCUT2D eigenvalue weighted by Gasteiger charge is -2.05. The Hall–Kier alpha value is -2.13. The van der Waals surface area contributed by atoms with E-state index >= 15 is 0 Å². The van der Waals surface area contributed by atoms with E-state index in [1.54, 1.807) is 6.20 Å². The minimum absolute atomic E-state index is 0.188. The normalized spacial score (nSPS) is 10.9. The van der Waals surface area contributed by atoms with Gasteiger partial charge in [-0.15, -0.1) is 0 Å². The molecule has 0 fully saturated rings. The maximum atomic E-state index is 8.90. The van der Waals surface area contributed by atoms with Crippen molar-refractivity contribution in [1.82, 2.24) is 9.55 Å². The molecule has 1 N–H and O–H groups in total. The zero-order chi connectivity index (χ0) is 12.4. The van der Waals surface area contributed by atoms with Crippen LogP contribution in [-0.4, -0.2) is 21.3 Å². The molecule has 0 aliphatic carbocycles. The van der Waals surface area contributed by atoms with Crippen molar-refractivity contribution in [3.05, 3.63) is 60.4 Å². The van der Waals surface area contributed by atoms with Gasteiger partial charge >= 0.3 is 0 Å². The maximum absolute atomic E-state index is 8.90. The second-order valence-corrected chi connectivity index (χ2v) is 4.24. The van der Waals surface area contributed by atoms with Gasteiger partial charge < -0.3 is 9.67 Å². The van der Waals surface area contributed by atoms with Gasteiger partial charge in [-0.25, -0.2) is 4.98 Å². The number of hydrogen-bond acceptors (Lipinski definition) is 2. The van der Waals surface area contributed by atoms with Gasteiger partial charge in [-0.05, 0) is 42.3 Å². The molecule has 0 amide bonds.